The third-order valence-corrected chi connectivity index (χ3v) is 5.84. The molecular formula is C20H21ClN4O2S. The second-order valence-corrected chi connectivity index (χ2v) is 9.04. The first kappa shape index (κ1) is 20.2. The molecule has 28 heavy (non-hydrogen) atoms. The van der Waals surface area contributed by atoms with Gasteiger partial charge < -0.3 is 11.1 Å². The maximum absolute atomic E-state index is 12.8. The number of amides is 2. The Kier molecular flexibility index (Phi) is 5.16. The van der Waals surface area contributed by atoms with Crippen LogP contribution in [0.4, 0.5) is 5.69 Å². The number of nitrogens with zero attached hydrogens (tertiary/aromatic N) is 2. The number of anilines is 1. The van der Waals surface area contributed by atoms with Crippen LogP contribution in [0.1, 0.15) is 57.9 Å². The fraction of sp³-hybridized carbons (Fsp3) is 0.300. The summed E-state index contributed by atoms with van der Waals surface area (Å²) in [7, 11) is 0. The molecule has 8 heteroatoms. The summed E-state index contributed by atoms with van der Waals surface area (Å²) in [6, 6.07) is 4.59. The molecule has 2 aromatic heterocycles. The Morgan fingerprint density at radius 2 is 1.86 bits per heavy atom. The Morgan fingerprint density at radius 1 is 1.18 bits per heavy atom. The van der Waals surface area contributed by atoms with Crippen molar-refractivity contribution in [3.8, 4) is 0 Å². The topological polar surface area (TPSA) is 98.0 Å². The Balaban J connectivity index is 1.98. The van der Waals surface area contributed by atoms with Crippen LogP contribution in [-0.2, 0) is 5.41 Å². The van der Waals surface area contributed by atoms with E-state index in [-0.39, 0.29) is 21.9 Å². The number of hydrogen-bond acceptors (Lipinski definition) is 5. The van der Waals surface area contributed by atoms with Gasteiger partial charge in [0, 0.05) is 16.5 Å². The highest BCUT2D eigenvalue weighted by Gasteiger charge is 2.23. The van der Waals surface area contributed by atoms with Gasteiger partial charge in [-0.25, -0.2) is 9.97 Å². The first-order chi connectivity index (χ1) is 13.0. The van der Waals surface area contributed by atoms with Gasteiger partial charge in [0.25, 0.3) is 5.91 Å². The molecule has 3 rings (SSSR count). The van der Waals surface area contributed by atoms with Crippen LogP contribution >= 0.6 is 22.9 Å². The summed E-state index contributed by atoms with van der Waals surface area (Å²) >= 11 is 7.40. The lowest BCUT2D eigenvalue weighted by atomic mass is 9.95. The fourth-order valence-electron chi connectivity index (χ4n) is 2.87. The Bertz CT molecular complexity index is 1120. The summed E-state index contributed by atoms with van der Waals surface area (Å²) in [4.78, 5) is 34.8. The van der Waals surface area contributed by atoms with Crippen molar-refractivity contribution in [3.63, 3.8) is 0 Å². The highest BCUT2D eigenvalue weighted by Crippen LogP contribution is 2.33. The van der Waals surface area contributed by atoms with E-state index < -0.39 is 5.91 Å². The molecule has 0 aliphatic heterocycles. The summed E-state index contributed by atoms with van der Waals surface area (Å²) in [6.45, 7) is 10.00. The average Bonchev–Trinajstić information content (AvgIpc) is 2.91. The van der Waals surface area contributed by atoms with Gasteiger partial charge >= 0.3 is 0 Å². The molecule has 3 aromatic rings. The van der Waals surface area contributed by atoms with Crippen molar-refractivity contribution in [2.24, 2.45) is 5.73 Å². The smallest absolute Gasteiger partial charge is 0.266 e. The van der Waals surface area contributed by atoms with Crippen molar-refractivity contribution >= 4 is 50.7 Å². The maximum atomic E-state index is 12.8. The van der Waals surface area contributed by atoms with E-state index in [2.05, 4.69) is 36.1 Å². The van der Waals surface area contributed by atoms with Crippen LogP contribution in [-0.4, -0.2) is 21.8 Å². The maximum Gasteiger partial charge on any atom is 0.266 e. The molecule has 0 bridgehead atoms. The number of primary amides is 1. The highest BCUT2D eigenvalue weighted by atomic mass is 35.5. The third kappa shape index (κ3) is 3.72. The lowest BCUT2D eigenvalue weighted by molar-refractivity contribution is 0.0998. The minimum Gasteiger partial charge on any atom is -0.366 e. The number of hydrogen-bond donors (Lipinski definition) is 2. The summed E-state index contributed by atoms with van der Waals surface area (Å²) in [5.41, 5.74) is 7.46. The Hall–Kier alpha value is -2.51. The molecule has 0 unspecified atom stereocenters. The molecule has 6 nitrogen and oxygen atoms in total. The van der Waals surface area contributed by atoms with Gasteiger partial charge in [-0.3, -0.25) is 9.59 Å². The van der Waals surface area contributed by atoms with Crippen LogP contribution in [0, 0.1) is 13.8 Å². The number of nitrogens with one attached hydrogen (secondary N) is 1. The van der Waals surface area contributed by atoms with Crippen LogP contribution in [0.2, 0.25) is 5.02 Å². The normalized spacial score (nSPS) is 11.6. The van der Waals surface area contributed by atoms with Crippen LogP contribution in [0.3, 0.4) is 0 Å². The van der Waals surface area contributed by atoms with Gasteiger partial charge in [0.15, 0.2) is 0 Å². The van der Waals surface area contributed by atoms with E-state index >= 15 is 0 Å². The lowest BCUT2D eigenvalue weighted by Gasteiger charge is -2.16. The Morgan fingerprint density at radius 3 is 2.43 bits per heavy atom. The van der Waals surface area contributed by atoms with E-state index in [1.807, 2.05) is 13.8 Å². The van der Waals surface area contributed by atoms with Gasteiger partial charge in [-0.05, 0) is 37.6 Å². The monoisotopic (exact) mass is 416 g/mol. The SMILES string of the molecule is Cc1nc(C(C)(C)C)nc2sc(C(=O)Nc3ccc(C(N)=O)c(Cl)c3)c(C)c12. The number of nitrogens with two attached hydrogens (primary N) is 1. The standard InChI is InChI=1S/C20H21ClN4O2S/c1-9-14-10(2)23-19(20(3,4)5)25-18(14)28-15(9)17(27)24-11-6-7-12(16(22)26)13(21)8-11/h6-8H,1-5H3,(H2,22,26)(H,24,27). The molecule has 0 radical (unpaired) electrons. The lowest BCUT2D eigenvalue weighted by Crippen LogP contribution is -2.16. The zero-order chi connectivity index (χ0) is 20.8. The molecule has 0 saturated heterocycles. The van der Waals surface area contributed by atoms with Crippen LogP contribution < -0.4 is 11.1 Å². The summed E-state index contributed by atoms with van der Waals surface area (Å²) in [5.74, 6) is -0.133. The van der Waals surface area contributed by atoms with Crippen molar-refractivity contribution in [2.45, 2.75) is 40.0 Å². The summed E-state index contributed by atoms with van der Waals surface area (Å²) in [5, 5.41) is 3.92. The zero-order valence-corrected chi connectivity index (χ0v) is 17.9. The number of halogens is 1. The van der Waals surface area contributed by atoms with Crippen LogP contribution in [0.5, 0.6) is 0 Å². The second-order valence-electron chi connectivity index (χ2n) is 7.63. The quantitative estimate of drug-likeness (QED) is 0.651. The van der Waals surface area contributed by atoms with Crippen molar-refractivity contribution in [3.05, 3.63) is 50.7 Å². The largest absolute Gasteiger partial charge is 0.366 e. The number of thiophene rings is 1. The second kappa shape index (κ2) is 7.14. The fourth-order valence-corrected chi connectivity index (χ4v) is 4.27. The molecule has 0 aliphatic carbocycles. The molecule has 0 aliphatic rings. The molecule has 2 heterocycles. The Labute approximate surface area is 172 Å². The molecule has 146 valence electrons. The van der Waals surface area contributed by atoms with Crippen molar-refractivity contribution in [2.75, 3.05) is 5.32 Å². The van der Waals surface area contributed by atoms with E-state index in [0.717, 1.165) is 27.3 Å². The number of fused-ring (bicyclic) bond motifs is 1. The number of carbonyl (C=O) groups excluding carboxylic acids is 2. The number of aryl methyl sites for hydroxylation is 2. The van der Waals surface area contributed by atoms with Gasteiger partial charge in [0.05, 0.1) is 21.2 Å². The van der Waals surface area contributed by atoms with Gasteiger partial charge in [-0.2, -0.15) is 0 Å². The molecule has 2 amide bonds. The van der Waals surface area contributed by atoms with Crippen molar-refractivity contribution < 1.29 is 9.59 Å². The highest BCUT2D eigenvalue weighted by molar-refractivity contribution is 7.20. The molecule has 0 spiro atoms. The zero-order valence-electron chi connectivity index (χ0n) is 16.3. The average molecular weight is 417 g/mol. The van der Waals surface area contributed by atoms with Gasteiger partial charge in [0.2, 0.25) is 5.91 Å². The van der Waals surface area contributed by atoms with Gasteiger partial charge in [0.1, 0.15) is 10.7 Å². The van der Waals surface area contributed by atoms with E-state index in [1.165, 1.54) is 23.5 Å². The van der Waals surface area contributed by atoms with Crippen LogP contribution in [0.15, 0.2) is 18.2 Å². The van der Waals surface area contributed by atoms with E-state index in [9.17, 15) is 9.59 Å². The van der Waals surface area contributed by atoms with Crippen molar-refractivity contribution in [1.29, 1.82) is 0 Å². The molecule has 0 atom stereocenters. The molecule has 0 fully saturated rings. The predicted molar refractivity (Wildman–Crippen MR) is 114 cm³/mol. The third-order valence-electron chi connectivity index (χ3n) is 4.34. The van der Waals surface area contributed by atoms with E-state index in [4.69, 9.17) is 17.3 Å². The minimum atomic E-state index is -0.619. The first-order valence-corrected chi connectivity index (χ1v) is 9.87. The van der Waals surface area contributed by atoms with E-state index in [1.54, 1.807) is 6.07 Å². The molecule has 3 N–H and O–H groups in total. The van der Waals surface area contributed by atoms with Gasteiger partial charge in [-0.15, -0.1) is 11.3 Å². The predicted octanol–water partition coefficient (Wildman–Crippen LogP) is 4.61. The number of carbonyl (C=O) groups is 2. The van der Waals surface area contributed by atoms with Crippen molar-refractivity contribution in [1.82, 2.24) is 9.97 Å². The van der Waals surface area contributed by atoms with Crippen LogP contribution in [0.25, 0.3) is 10.2 Å². The molecule has 0 saturated carbocycles. The molecular weight excluding hydrogens is 396 g/mol. The minimum absolute atomic E-state index is 0.182. The summed E-state index contributed by atoms with van der Waals surface area (Å²) in [6.07, 6.45) is 0. The van der Waals surface area contributed by atoms with Gasteiger partial charge in [-0.1, -0.05) is 32.4 Å². The number of benzene rings is 1. The van der Waals surface area contributed by atoms with E-state index in [0.29, 0.717) is 10.6 Å². The first-order valence-electron chi connectivity index (χ1n) is 8.68. The summed E-state index contributed by atoms with van der Waals surface area (Å²) < 4.78 is 0. The molecule has 1 aromatic carbocycles. The number of aromatic nitrogens is 2. The number of rotatable bonds is 3.